The summed E-state index contributed by atoms with van der Waals surface area (Å²) in [7, 11) is 0. The van der Waals surface area contributed by atoms with Crippen LogP contribution in [0.2, 0.25) is 0 Å². The molecule has 0 spiro atoms. The van der Waals surface area contributed by atoms with Crippen LogP contribution in [0.25, 0.3) is 31.7 Å². The van der Waals surface area contributed by atoms with Crippen molar-refractivity contribution in [3.05, 3.63) is 66.2 Å². The molecule has 0 saturated carbocycles. The van der Waals surface area contributed by atoms with Crippen LogP contribution in [0.3, 0.4) is 0 Å². The maximum atomic E-state index is 12.0. The molecule has 0 radical (unpaired) electrons. The van der Waals surface area contributed by atoms with Crippen molar-refractivity contribution in [3.8, 4) is 38.8 Å². The van der Waals surface area contributed by atoms with Gasteiger partial charge in [0.25, 0.3) is 0 Å². The molecule has 1 saturated heterocycles. The Bertz CT molecular complexity index is 1310. The third-order valence-corrected chi connectivity index (χ3v) is 7.55. The van der Waals surface area contributed by atoms with Gasteiger partial charge in [0.1, 0.15) is 23.9 Å². The van der Waals surface area contributed by atoms with E-state index in [9.17, 15) is 15.0 Å². The Kier molecular flexibility index (Phi) is 6.52. The van der Waals surface area contributed by atoms with Gasteiger partial charge in [0.05, 0.1) is 5.56 Å². The number of nitrogens with zero attached hydrogens (tertiary/aromatic N) is 1. The monoisotopic (exact) mass is 473 g/mol. The van der Waals surface area contributed by atoms with Crippen LogP contribution in [0.1, 0.15) is 29.6 Å². The molecule has 0 unspecified atom stereocenters. The molecule has 0 bridgehead atoms. The van der Waals surface area contributed by atoms with E-state index < -0.39 is 0 Å². The molecule has 34 heavy (non-hydrogen) atoms. The number of likely N-dealkylation sites (tertiary alicyclic amines) is 1. The predicted octanol–water partition coefficient (Wildman–Crippen LogP) is 6.32. The van der Waals surface area contributed by atoms with Gasteiger partial charge in [-0.25, -0.2) is 0 Å². The van der Waals surface area contributed by atoms with Gasteiger partial charge in [0.15, 0.2) is 6.29 Å². The van der Waals surface area contributed by atoms with Crippen LogP contribution in [0.4, 0.5) is 0 Å². The zero-order valence-corrected chi connectivity index (χ0v) is 19.7. The molecule has 5 rings (SSSR count). The first-order valence-corrected chi connectivity index (χ1v) is 12.4. The highest BCUT2D eigenvalue weighted by Gasteiger charge is 2.21. The van der Waals surface area contributed by atoms with Crippen molar-refractivity contribution < 1.29 is 19.7 Å². The van der Waals surface area contributed by atoms with Crippen molar-refractivity contribution in [1.82, 2.24) is 4.90 Å². The summed E-state index contributed by atoms with van der Waals surface area (Å²) in [5.41, 5.74) is 3.28. The summed E-state index contributed by atoms with van der Waals surface area (Å²) in [6.07, 6.45) is 4.58. The number of carbonyl (C=O) groups excluding carboxylic acids is 1. The van der Waals surface area contributed by atoms with E-state index in [2.05, 4.69) is 4.90 Å². The van der Waals surface area contributed by atoms with Crippen LogP contribution in [-0.4, -0.2) is 47.6 Å². The van der Waals surface area contributed by atoms with Gasteiger partial charge in [-0.3, -0.25) is 9.69 Å². The van der Waals surface area contributed by atoms with Crippen molar-refractivity contribution in [2.45, 2.75) is 19.3 Å². The fraction of sp³-hybridized carbons (Fsp3) is 0.250. The first-order valence-electron chi connectivity index (χ1n) is 11.6. The van der Waals surface area contributed by atoms with Crippen LogP contribution in [-0.2, 0) is 0 Å². The Balaban J connectivity index is 1.60. The SMILES string of the molecule is O=Cc1cccc(-c2c(-c3ccc(O)cc3)sc3cc(O)ccc23)c1OCCN1CCCCC1. The van der Waals surface area contributed by atoms with Crippen LogP contribution < -0.4 is 4.74 Å². The van der Waals surface area contributed by atoms with Gasteiger partial charge in [0, 0.05) is 32.6 Å². The lowest BCUT2D eigenvalue weighted by molar-refractivity contribution is 0.111. The van der Waals surface area contributed by atoms with E-state index in [1.54, 1.807) is 41.7 Å². The molecule has 1 aromatic heterocycles. The number of hydrogen-bond donors (Lipinski definition) is 2. The maximum Gasteiger partial charge on any atom is 0.153 e. The third kappa shape index (κ3) is 4.52. The number of fused-ring (bicyclic) bond motifs is 1. The van der Waals surface area contributed by atoms with Crippen molar-refractivity contribution >= 4 is 27.7 Å². The Morgan fingerprint density at radius 2 is 1.71 bits per heavy atom. The molecule has 1 aliphatic rings. The molecular formula is C28H27NO4S. The van der Waals surface area contributed by atoms with Crippen LogP contribution in [0.5, 0.6) is 17.2 Å². The first-order chi connectivity index (χ1) is 16.6. The average Bonchev–Trinajstić information content (AvgIpc) is 3.23. The molecule has 0 amide bonds. The smallest absolute Gasteiger partial charge is 0.153 e. The fourth-order valence-electron chi connectivity index (χ4n) is 4.63. The number of rotatable bonds is 7. The minimum absolute atomic E-state index is 0.203. The molecule has 2 heterocycles. The standard InChI is InChI=1S/C28H27NO4S/c30-18-20-5-4-6-24(27(20)33-16-15-29-13-2-1-3-14-29)26-23-12-11-22(32)17-25(23)34-28(26)19-7-9-21(31)10-8-19/h4-12,17-18,31-32H,1-3,13-16H2. The van der Waals surface area contributed by atoms with Gasteiger partial charge in [-0.05, 0) is 80.0 Å². The summed E-state index contributed by atoms with van der Waals surface area (Å²) in [5.74, 6) is 0.994. The highest BCUT2D eigenvalue weighted by atomic mass is 32.1. The van der Waals surface area contributed by atoms with Crippen LogP contribution in [0, 0.1) is 0 Å². The molecular weight excluding hydrogens is 446 g/mol. The molecule has 2 N–H and O–H groups in total. The van der Waals surface area contributed by atoms with Gasteiger partial charge in [-0.1, -0.05) is 18.6 Å². The lowest BCUT2D eigenvalue weighted by Gasteiger charge is -2.26. The summed E-state index contributed by atoms with van der Waals surface area (Å²) in [5, 5.41) is 20.9. The topological polar surface area (TPSA) is 70.0 Å². The van der Waals surface area contributed by atoms with Gasteiger partial charge in [-0.2, -0.15) is 0 Å². The van der Waals surface area contributed by atoms with E-state index in [-0.39, 0.29) is 11.5 Å². The molecule has 0 atom stereocenters. The maximum absolute atomic E-state index is 12.0. The number of aldehydes is 1. The van der Waals surface area contributed by atoms with Crippen molar-refractivity contribution in [2.75, 3.05) is 26.2 Å². The summed E-state index contributed by atoms with van der Waals surface area (Å²) in [4.78, 5) is 15.4. The van der Waals surface area contributed by atoms with Gasteiger partial charge >= 0.3 is 0 Å². The average molecular weight is 474 g/mol. The molecule has 4 aromatic rings. The molecule has 174 valence electrons. The van der Waals surface area contributed by atoms with Crippen LogP contribution in [0.15, 0.2) is 60.7 Å². The van der Waals surface area contributed by atoms with E-state index in [0.29, 0.717) is 17.9 Å². The number of benzene rings is 3. The summed E-state index contributed by atoms with van der Waals surface area (Å²) >= 11 is 1.57. The number of para-hydroxylation sites is 1. The lowest BCUT2D eigenvalue weighted by Crippen LogP contribution is -2.33. The highest BCUT2D eigenvalue weighted by molar-refractivity contribution is 7.23. The largest absolute Gasteiger partial charge is 0.508 e. The number of carbonyl (C=O) groups is 1. The van der Waals surface area contributed by atoms with Crippen molar-refractivity contribution in [3.63, 3.8) is 0 Å². The van der Waals surface area contributed by atoms with Crippen molar-refractivity contribution in [2.24, 2.45) is 0 Å². The van der Waals surface area contributed by atoms with Gasteiger partial charge in [-0.15, -0.1) is 11.3 Å². The number of phenols is 2. The number of thiophene rings is 1. The van der Waals surface area contributed by atoms with Gasteiger partial charge < -0.3 is 14.9 Å². The van der Waals surface area contributed by atoms with Crippen LogP contribution >= 0.6 is 11.3 Å². The Labute approximate surface area is 202 Å². The number of hydrogen-bond acceptors (Lipinski definition) is 6. The summed E-state index contributed by atoms with van der Waals surface area (Å²) in [6.45, 7) is 3.52. The molecule has 0 aliphatic carbocycles. The number of piperidine rings is 1. The molecule has 6 heteroatoms. The van der Waals surface area contributed by atoms with Crippen molar-refractivity contribution in [1.29, 1.82) is 0 Å². The fourth-order valence-corrected chi connectivity index (χ4v) is 5.89. The van der Waals surface area contributed by atoms with E-state index in [0.717, 1.165) is 57.6 Å². The Morgan fingerprint density at radius 3 is 2.47 bits per heavy atom. The molecule has 1 fully saturated rings. The first kappa shape index (κ1) is 22.4. The Hall–Kier alpha value is -3.35. The second-order valence-corrected chi connectivity index (χ2v) is 9.68. The quantitative estimate of drug-likeness (QED) is 0.307. The molecule has 5 nitrogen and oxygen atoms in total. The van der Waals surface area contributed by atoms with E-state index in [4.69, 9.17) is 4.74 Å². The molecule has 1 aliphatic heterocycles. The second-order valence-electron chi connectivity index (χ2n) is 8.63. The second kappa shape index (κ2) is 9.87. The lowest BCUT2D eigenvalue weighted by atomic mass is 9.96. The number of aromatic hydroxyl groups is 2. The zero-order valence-electron chi connectivity index (χ0n) is 18.9. The third-order valence-electron chi connectivity index (χ3n) is 6.35. The van der Waals surface area contributed by atoms with E-state index >= 15 is 0 Å². The minimum atomic E-state index is 0.203. The normalized spacial score (nSPS) is 14.4. The number of ether oxygens (including phenoxy) is 1. The minimum Gasteiger partial charge on any atom is -0.508 e. The predicted molar refractivity (Wildman–Crippen MR) is 137 cm³/mol. The number of phenolic OH excluding ortho intramolecular Hbond substituents is 2. The Morgan fingerprint density at radius 1 is 0.941 bits per heavy atom. The molecule has 3 aromatic carbocycles. The summed E-state index contributed by atoms with van der Waals surface area (Å²) < 4.78 is 7.25. The van der Waals surface area contributed by atoms with E-state index in [1.807, 2.05) is 30.3 Å². The summed E-state index contributed by atoms with van der Waals surface area (Å²) in [6, 6.07) is 18.1. The zero-order chi connectivity index (χ0) is 23.5. The van der Waals surface area contributed by atoms with Gasteiger partial charge in [0.2, 0.25) is 0 Å². The van der Waals surface area contributed by atoms with E-state index in [1.165, 1.54) is 19.3 Å². The highest BCUT2D eigenvalue weighted by Crippen LogP contribution is 2.48.